The van der Waals surface area contributed by atoms with Gasteiger partial charge in [-0.25, -0.2) is 0 Å². The van der Waals surface area contributed by atoms with Gasteiger partial charge < -0.3 is 10.2 Å². The summed E-state index contributed by atoms with van der Waals surface area (Å²) >= 11 is 6.63. The smallest absolute Gasteiger partial charge is 0.138 e. The summed E-state index contributed by atoms with van der Waals surface area (Å²) in [6.07, 6.45) is 1.59. The highest BCUT2D eigenvalue weighted by Crippen LogP contribution is 2.31. The van der Waals surface area contributed by atoms with Crippen molar-refractivity contribution in [3.05, 3.63) is 26.6 Å². The highest BCUT2D eigenvalue weighted by Gasteiger charge is 2.22. The molecular formula is C13H17Br2NO2. The molecule has 1 atom stereocenters. The van der Waals surface area contributed by atoms with Crippen LogP contribution in [0.1, 0.15) is 26.3 Å². The van der Waals surface area contributed by atoms with Crippen LogP contribution in [0.5, 0.6) is 5.75 Å². The van der Waals surface area contributed by atoms with Gasteiger partial charge in [0.25, 0.3) is 0 Å². The Morgan fingerprint density at radius 2 is 1.94 bits per heavy atom. The van der Waals surface area contributed by atoms with E-state index in [9.17, 15) is 10.2 Å². The van der Waals surface area contributed by atoms with E-state index in [0.29, 0.717) is 10.0 Å². The molecule has 5 heteroatoms. The van der Waals surface area contributed by atoms with E-state index in [2.05, 4.69) is 36.9 Å². The molecule has 3 nitrogen and oxygen atoms in total. The number of aliphatic hydroxyl groups excluding tert-OH is 1. The summed E-state index contributed by atoms with van der Waals surface area (Å²) in [5.41, 5.74) is 0.489. The van der Waals surface area contributed by atoms with Crippen molar-refractivity contribution in [2.75, 3.05) is 6.61 Å². The van der Waals surface area contributed by atoms with Crippen molar-refractivity contribution in [1.29, 1.82) is 0 Å². The van der Waals surface area contributed by atoms with E-state index >= 15 is 0 Å². The molecule has 18 heavy (non-hydrogen) atoms. The number of hydrogen-bond acceptors (Lipinski definition) is 3. The van der Waals surface area contributed by atoms with Crippen LogP contribution in [-0.2, 0) is 0 Å². The van der Waals surface area contributed by atoms with E-state index in [0.717, 1.165) is 4.47 Å². The van der Waals surface area contributed by atoms with Gasteiger partial charge in [0.15, 0.2) is 0 Å². The van der Waals surface area contributed by atoms with Crippen LogP contribution in [0, 0.1) is 5.41 Å². The van der Waals surface area contributed by atoms with Crippen molar-refractivity contribution in [2.45, 2.75) is 26.8 Å². The van der Waals surface area contributed by atoms with Gasteiger partial charge in [0.2, 0.25) is 0 Å². The van der Waals surface area contributed by atoms with Crippen molar-refractivity contribution in [2.24, 2.45) is 10.4 Å². The topological polar surface area (TPSA) is 52.8 Å². The SMILES string of the molecule is CC(C)(C)C(CO)N=Cc1cc(Br)cc(Br)c1O. The molecule has 0 aromatic heterocycles. The van der Waals surface area contributed by atoms with E-state index in [-0.39, 0.29) is 23.8 Å². The Kier molecular flexibility index (Phi) is 5.37. The van der Waals surface area contributed by atoms with Crippen LogP contribution in [0.2, 0.25) is 0 Å². The predicted octanol–water partition coefficient (Wildman–Crippen LogP) is 3.74. The van der Waals surface area contributed by atoms with E-state index < -0.39 is 0 Å². The van der Waals surface area contributed by atoms with Crippen LogP contribution in [0.25, 0.3) is 0 Å². The lowest BCUT2D eigenvalue weighted by Crippen LogP contribution is -2.28. The van der Waals surface area contributed by atoms with Crippen molar-refractivity contribution in [3.8, 4) is 5.75 Å². The summed E-state index contributed by atoms with van der Waals surface area (Å²) in [6.45, 7) is 6.03. The van der Waals surface area contributed by atoms with Crippen LogP contribution in [0.15, 0.2) is 26.1 Å². The van der Waals surface area contributed by atoms with Crippen molar-refractivity contribution >= 4 is 38.1 Å². The number of hydrogen-bond donors (Lipinski definition) is 2. The maximum absolute atomic E-state index is 9.89. The van der Waals surface area contributed by atoms with Gasteiger partial charge in [-0.3, -0.25) is 4.99 Å². The largest absolute Gasteiger partial charge is 0.506 e. The fourth-order valence-corrected chi connectivity index (χ4v) is 2.66. The monoisotopic (exact) mass is 377 g/mol. The maximum Gasteiger partial charge on any atom is 0.138 e. The third-order valence-corrected chi connectivity index (χ3v) is 3.69. The molecule has 1 aromatic rings. The van der Waals surface area contributed by atoms with Crippen LogP contribution in [-0.4, -0.2) is 29.1 Å². The molecule has 0 aliphatic carbocycles. The number of halogens is 2. The number of aliphatic imine (C=N–C) groups is 1. The molecule has 0 aliphatic heterocycles. The molecule has 0 saturated heterocycles. The summed E-state index contributed by atoms with van der Waals surface area (Å²) in [5, 5.41) is 19.2. The number of aromatic hydroxyl groups is 1. The molecule has 0 saturated carbocycles. The third kappa shape index (κ3) is 4.07. The maximum atomic E-state index is 9.89. The minimum Gasteiger partial charge on any atom is -0.506 e. The average Bonchev–Trinajstić information content (AvgIpc) is 2.23. The standard InChI is InChI=1S/C13H17Br2NO2/c1-13(2,3)11(7-17)16-6-8-4-9(14)5-10(15)12(8)18/h4-6,11,17-18H,7H2,1-3H3. The third-order valence-electron chi connectivity index (χ3n) is 2.62. The first-order valence-electron chi connectivity index (χ1n) is 5.57. The van der Waals surface area contributed by atoms with Crippen LogP contribution in [0.3, 0.4) is 0 Å². The van der Waals surface area contributed by atoms with Crippen LogP contribution < -0.4 is 0 Å². The van der Waals surface area contributed by atoms with Crippen LogP contribution in [0.4, 0.5) is 0 Å². The molecule has 1 rings (SSSR count). The molecule has 0 amide bonds. The second-order valence-corrected chi connectivity index (χ2v) is 6.94. The molecule has 100 valence electrons. The van der Waals surface area contributed by atoms with Gasteiger partial charge in [0.05, 0.1) is 17.1 Å². The zero-order valence-corrected chi connectivity index (χ0v) is 13.8. The lowest BCUT2D eigenvalue weighted by Gasteiger charge is -2.25. The summed E-state index contributed by atoms with van der Waals surface area (Å²) in [4.78, 5) is 4.35. The van der Waals surface area contributed by atoms with E-state index in [1.54, 1.807) is 18.3 Å². The summed E-state index contributed by atoms with van der Waals surface area (Å²) < 4.78 is 1.46. The molecule has 1 aromatic carbocycles. The highest BCUT2D eigenvalue weighted by molar-refractivity contribution is 9.11. The molecule has 2 N–H and O–H groups in total. The number of phenolic OH excluding ortho intramolecular Hbond substituents is 1. The van der Waals surface area contributed by atoms with Gasteiger partial charge in [0.1, 0.15) is 5.75 Å². The summed E-state index contributed by atoms with van der Waals surface area (Å²) in [7, 11) is 0. The molecule has 0 heterocycles. The van der Waals surface area contributed by atoms with Gasteiger partial charge >= 0.3 is 0 Å². The lowest BCUT2D eigenvalue weighted by atomic mass is 9.88. The minimum atomic E-state index is -0.199. The van der Waals surface area contributed by atoms with Crippen LogP contribution >= 0.6 is 31.9 Å². The zero-order chi connectivity index (χ0) is 13.9. The van der Waals surface area contributed by atoms with E-state index in [4.69, 9.17) is 0 Å². The van der Waals surface area contributed by atoms with E-state index in [1.807, 2.05) is 20.8 Å². The Balaban J connectivity index is 3.04. The molecule has 0 spiro atoms. The Bertz CT molecular complexity index is 453. The molecule has 0 aliphatic rings. The first-order chi connectivity index (χ1) is 8.25. The zero-order valence-electron chi connectivity index (χ0n) is 10.6. The molecular weight excluding hydrogens is 362 g/mol. The fraction of sp³-hybridized carbons (Fsp3) is 0.462. The van der Waals surface area contributed by atoms with Gasteiger partial charge in [-0.1, -0.05) is 36.7 Å². The number of rotatable bonds is 3. The average molecular weight is 379 g/mol. The number of phenols is 1. The first kappa shape index (κ1) is 15.7. The highest BCUT2D eigenvalue weighted by atomic mass is 79.9. The van der Waals surface area contributed by atoms with Gasteiger partial charge in [0, 0.05) is 16.3 Å². The predicted molar refractivity (Wildman–Crippen MR) is 81.4 cm³/mol. The van der Waals surface area contributed by atoms with Crippen molar-refractivity contribution in [1.82, 2.24) is 0 Å². The Hall–Kier alpha value is -0.390. The Morgan fingerprint density at radius 3 is 2.44 bits per heavy atom. The number of nitrogens with zero attached hydrogens (tertiary/aromatic N) is 1. The number of aliphatic hydroxyl groups is 1. The molecule has 0 radical (unpaired) electrons. The molecule has 0 bridgehead atoms. The van der Waals surface area contributed by atoms with Crippen molar-refractivity contribution < 1.29 is 10.2 Å². The first-order valence-corrected chi connectivity index (χ1v) is 7.16. The number of benzene rings is 1. The Morgan fingerprint density at radius 1 is 1.33 bits per heavy atom. The van der Waals surface area contributed by atoms with Gasteiger partial charge in [-0.15, -0.1) is 0 Å². The van der Waals surface area contributed by atoms with Gasteiger partial charge in [-0.2, -0.15) is 0 Å². The second-order valence-electron chi connectivity index (χ2n) is 5.17. The summed E-state index contributed by atoms with van der Waals surface area (Å²) in [5.74, 6) is 0.146. The quantitative estimate of drug-likeness (QED) is 0.787. The van der Waals surface area contributed by atoms with Gasteiger partial charge in [-0.05, 0) is 33.5 Å². The van der Waals surface area contributed by atoms with Crippen molar-refractivity contribution in [3.63, 3.8) is 0 Å². The van der Waals surface area contributed by atoms with E-state index in [1.165, 1.54) is 0 Å². The fourth-order valence-electron chi connectivity index (χ4n) is 1.40. The lowest BCUT2D eigenvalue weighted by molar-refractivity contribution is 0.191. The second kappa shape index (κ2) is 6.17. The Labute approximate surface area is 124 Å². The summed E-state index contributed by atoms with van der Waals surface area (Å²) in [6, 6.07) is 3.34. The molecule has 0 fully saturated rings. The molecule has 1 unspecified atom stereocenters. The normalized spacial score (nSPS) is 14.1. The minimum absolute atomic E-state index is 0.0179.